The second-order valence-electron chi connectivity index (χ2n) is 2.16. The van der Waals surface area contributed by atoms with E-state index in [1.165, 1.54) is 6.07 Å². The summed E-state index contributed by atoms with van der Waals surface area (Å²) in [5.74, 6) is 0. The molecule has 0 aromatic carbocycles. The molecule has 3 nitrogen and oxygen atoms in total. The highest BCUT2D eigenvalue weighted by atomic mass is 35.5. The lowest BCUT2D eigenvalue weighted by atomic mass is 10.2. The number of carbonyl (C=O) groups excluding carboxylic acids is 1. The Labute approximate surface area is 69.2 Å². The monoisotopic (exact) mass is 170 g/mol. The van der Waals surface area contributed by atoms with Gasteiger partial charge >= 0.3 is 0 Å². The van der Waals surface area contributed by atoms with Crippen LogP contribution in [0.25, 0.3) is 0 Å². The minimum Gasteiger partial charge on any atom is -0.398 e. The molecular formula is C7H7ClN2O. The van der Waals surface area contributed by atoms with Crippen molar-refractivity contribution in [1.29, 1.82) is 0 Å². The molecule has 0 spiro atoms. The molecule has 11 heavy (non-hydrogen) atoms. The number of hydrogen-bond donors (Lipinski definition) is 1. The number of nitrogens with two attached hydrogens (primary N) is 1. The maximum atomic E-state index is 10.4. The lowest BCUT2D eigenvalue weighted by molar-refractivity contribution is 0.111. The Bertz CT molecular complexity index is 299. The van der Waals surface area contributed by atoms with E-state index in [1.54, 1.807) is 6.92 Å². The summed E-state index contributed by atoms with van der Waals surface area (Å²) in [5, 5.41) is 0.246. The minimum atomic E-state index is 0.246. The number of aldehydes is 1. The Morgan fingerprint density at radius 3 is 2.91 bits per heavy atom. The van der Waals surface area contributed by atoms with Crippen molar-refractivity contribution >= 4 is 23.6 Å². The quantitative estimate of drug-likeness (QED) is 0.513. The number of halogens is 1. The van der Waals surface area contributed by atoms with E-state index in [9.17, 15) is 4.79 Å². The molecule has 0 aliphatic carbocycles. The van der Waals surface area contributed by atoms with E-state index in [0.717, 1.165) is 0 Å². The molecule has 0 aliphatic rings. The molecule has 0 amide bonds. The van der Waals surface area contributed by atoms with Crippen LogP contribution in [0.3, 0.4) is 0 Å². The summed E-state index contributed by atoms with van der Waals surface area (Å²) in [6, 6.07) is 1.52. The zero-order chi connectivity index (χ0) is 8.43. The van der Waals surface area contributed by atoms with E-state index in [0.29, 0.717) is 23.2 Å². The molecule has 0 fully saturated rings. The number of hydrogen-bond acceptors (Lipinski definition) is 3. The minimum absolute atomic E-state index is 0.246. The predicted molar refractivity (Wildman–Crippen MR) is 43.8 cm³/mol. The molecule has 4 heteroatoms. The van der Waals surface area contributed by atoms with Crippen molar-refractivity contribution in [1.82, 2.24) is 4.98 Å². The summed E-state index contributed by atoms with van der Waals surface area (Å²) in [6.45, 7) is 1.72. The molecular weight excluding hydrogens is 164 g/mol. The van der Waals surface area contributed by atoms with Crippen LogP contribution in [0.4, 0.5) is 5.69 Å². The second kappa shape index (κ2) is 2.88. The van der Waals surface area contributed by atoms with Crippen molar-refractivity contribution < 1.29 is 4.79 Å². The summed E-state index contributed by atoms with van der Waals surface area (Å²) in [6.07, 6.45) is 0.636. The number of aromatic nitrogens is 1. The smallest absolute Gasteiger partial charge is 0.168 e. The maximum absolute atomic E-state index is 10.4. The van der Waals surface area contributed by atoms with E-state index in [-0.39, 0.29) is 5.15 Å². The molecule has 1 heterocycles. The predicted octanol–water partition coefficient (Wildman–Crippen LogP) is 1.44. The molecule has 0 aliphatic heterocycles. The first kappa shape index (κ1) is 8.01. The average Bonchev–Trinajstić information content (AvgIpc) is 1.96. The largest absolute Gasteiger partial charge is 0.398 e. The molecule has 1 rings (SSSR count). The van der Waals surface area contributed by atoms with Gasteiger partial charge in [-0.05, 0) is 13.0 Å². The van der Waals surface area contributed by atoms with Crippen LogP contribution in [0, 0.1) is 6.92 Å². The Morgan fingerprint density at radius 2 is 2.36 bits per heavy atom. The van der Waals surface area contributed by atoms with Crippen molar-refractivity contribution in [2.45, 2.75) is 6.92 Å². The SMILES string of the molecule is Cc1c(N)cc(Cl)nc1C=O. The fourth-order valence-electron chi connectivity index (χ4n) is 0.730. The van der Waals surface area contributed by atoms with Gasteiger partial charge in [0.05, 0.1) is 0 Å². The molecule has 0 unspecified atom stereocenters. The number of nitrogen functional groups attached to an aromatic ring is 1. The van der Waals surface area contributed by atoms with Crippen molar-refractivity contribution in [2.24, 2.45) is 0 Å². The normalized spacial score (nSPS) is 9.64. The lowest BCUT2D eigenvalue weighted by Gasteiger charge is -2.01. The third kappa shape index (κ3) is 1.49. The third-order valence-corrected chi connectivity index (χ3v) is 1.62. The highest BCUT2D eigenvalue weighted by molar-refractivity contribution is 6.29. The van der Waals surface area contributed by atoms with Crippen molar-refractivity contribution in [2.75, 3.05) is 5.73 Å². The first-order valence-corrected chi connectivity index (χ1v) is 3.40. The summed E-state index contributed by atoms with van der Waals surface area (Å²) in [5.41, 5.74) is 6.98. The Kier molecular flexibility index (Phi) is 2.10. The van der Waals surface area contributed by atoms with Crippen LogP contribution in [0.15, 0.2) is 6.07 Å². The molecule has 58 valence electrons. The highest BCUT2D eigenvalue weighted by Crippen LogP contribution is 2.16. The first-order chi connectivity index (χ1) is 5.15. The molecule has 0 saturated carbocycles. The van der Waals surface area contributed by atoms with Gasteiger partial charge in [-0.1, -0.05) is 11.6 Å². The van der Waals surface area contributed by atoms with Crippen LogP contribution in [0.5, 0.6) is 0 Å². The molecule has 0 radical (unpaired) electrons. The van der Waals surface area contributed by atoms with Crippen LogP contribution >= 0.6 is 11.6 Å². The number of pyridine rings is 1. The van der Waals surface area contributed by atoms with Gasteiger partial charge in [-0.3, -0.25) is 4.79 Å². The molecule has 0 bridgehead atoms. The van der Waals surface area contributed by atoms with Gasteiger partial charge in [0, 0.05) is 11.3 Å². The fourth-order valence-corrected chi connectivity index (χ4v) is 0.939. The van der Waals surface area contributed by atoms with Crippen molar-refractivity contribution in [3.8, 4) is 0 Å². The number of anilines is 1. The Hall–Kier alpha value is -1.09. The van der Waals surface area contributed by atoms with Crippen LogP contribution in [0.2, 0.25) is 5.15 Å². The molecule has 0 saturated heterocycles. The van der Waals surface area contributed by atoms with E-state index >= 15 is 0 Å². The van der Waals surface area contributed by atoms with Gasteiger partial charge < -0.3 is 5.73 Å². The standard InChI is InChI=1S/C7H7ClN2O/c1-4-5(9)2-7(8)10-6(4)3-11/h2-3H,1H3,(H2,9,10). The van der Waals surface area contributed by atoms with Gasteiger partial charge in [0.25, 0.3) is 0 Å². The summed E-state index contributed by atoms with van der Waals surface area (Å²) >= 11 is 5.55. The number of nitrogens with zero attached hydrogens (tertiary/aromatic N) is 1. The van der Waals surface area contributed by atoms with Gasteiger partial charge in [-0.2, -0.15) is 0 Å². The fraction of sp³-hybridized carbons (Fsp3) is 0.143. The lowest BCUT2D eigenvalue weighted by Crippen LogP contribution is -1.98. The second-order valence-corrected chi connectivity index (χ2v) is 2.55. The van der Waals surface area contributed by atoms with Crippen LogP contribution < -0.4 is 5.73 Å². The number of carbonyl (C=O) groups is 1. The summed E-state index contributed by atoms with van der Waals surface area (Å²) < 4.78 is 0. The van der Waals surface area contributed by atoms with Crippen LogP contribution in [-0.2, 0) is 0 Å². The Morgan fingerprint density at radius 1 is 1.73 bits per heavy atom. The maximum Gasteiger partial charge on any atom is 0.168 e. The van der Waals surface area contributed by atoms with Crippen LogP contribution in [-0.4, -0.2) is 11.3 Å². The van der Waals surface area contributed by atoms with Crippen molar-refractivity contribution in [3.63, 3.8) is 0 Å². The topological polar surface area (TPSA) is 56.0 Å². The van der Waals surface area contributed by atoms with Gasteiger partial charge in [0.1, 0.15) is 10.8 Å². The van der Waals surface area contributed by atoms with Gasteiger partial charge in [-0.15, -0.1) is 0 Å². The average molecular weight is 171 g/mol. The number of rotatable bonds is 1. The van der Waals surface area contributed by atoms with Gasteiger partial charge in [0.2, 0.25) is 0 Å². The Balaban J connectivity index is 3.35. The first-order valence-electron chi connectivity index (χ1n) is 3.03. The van der Waals surface area contributed by atoms with E-state index in [2.05, 4.69) is 4.98 Å². The molecule has 0 atom stereocenters. The van der Waals surface area contributed by atoms with E-state index in [4.69, 9.17) is 17.3 Å². The molecule has 1 aromatic rings. The van der Waals surface area contributed by atoms with Crippen molar-refractivity contribution in [3.05, 3.63) is 22.5 Å². The zero-order valence-corrected chi connectivity index (χ0v) is 6.72. The van der Waals surface area contributed by atoms with Gasteiger partial charge in [-0.25, -0.2) is 4.98 Å². The van der Waals surface area contributed by atoms with E-state index < -0.39 is 0 Å². The summed E-state index contributed by atoms with van der Waals surface area (Å²) in [7, 11) is 0. The zero-order valence-electron chi connectivity index (χ0n) is 5.97. The molecule has 2 N–H and O–H groups in total. The van der Waals surface area contributed by atoms with E-state index in [1.807, 2.05) is 0 Å². The van der Waals surface area contributed by atoms with Gasteiger partial charge in [0.15, 0.2) is 6.29 Å². The third-order valence-electron chi connectivity index (χ3n) is 1.43. The summed E-state index contributed by atoms with van der Waals surface area (Å²) in [4.78, 5) is 14.1. The highest BCUT2D eigenvalue weighted by Gasteiger charge is 2.03. The molecule has 1 aromatic heterocycles. The van der Waals surface area contributed by atoms with Crippen LogP contribution in [0.1, 0.15) is 16.1 Å².